The first kappa shape index (κ1) is 17.8. The lowest BCUT2D eigenvalue weighted by atomic mass is 9.85. The summed E-state index contributed by atoms with van der Waals surface area (Å²) in [5, 5.41) is 3.66. The van der Waals surface area contributed by atoms with Crippen LogP contribution in [0.25, 0.3) is 0 Å². The normalized spacial score (nSPS) is 12.5. The van der Waals surface area contributed by atoms with E-state index in [4.69, 9.17) is 9.47 Å². The lowest BCUT2D eigenvalue weighted by Crippen LogP contribution is -2.28. The van der Waals surface area contributed by atoms with Crippen molar-refractivity contribution in [3.05, 3.63) is 23.8 Å². The molecule has 0 amide bonds. The van der Waals surface area contributed by atoms with Gasteiger partial charge in [0, 0.05) is 17.7 Å². The smallest absolute Gasteiger partial charge is 0.127 e. The largest absolute Gasteiger partial charge is 0.497 e. The molecule has 1 unspecified atom stereocenters. The van der Waals surface area contributed by atoms with Gasteiger partial charge in [0.15, 0.2) is 0 Å². The fraction of sp³-hybridized carbons (Fsp3) is 0.667. The summed E-state index contributed by atoms with van der Waals surface area (Å²) >= 11 is 0. The first-order valence-electron chi connectivity index (χ1n) is 8.16. The molecule has 1 aromatic carbocycles. The number of methoxy groups -OCH3 is 2. The maximum Gasteiger partial charge on any atom is 0.127 e. The van der Waals surface area contributed by atoms with Crippen LogP contribution < -0.4 is 14.8 Å². The zero-order valence-corrected chi connectivity index (χ0v) is 14.2. The van der Waals surface area contributed by atoms with E-state index in [0.29, 0.717) is 12.0 Å². The summed E-state index contributed by atoms with van der Waals surface area (Å²) in [5.74, 6) is 2.40. The summed E-state index contributed by atoms with van der Waals surface area (Å²) in [6, 6.07) is 6.49. The van der Waals surface area contributed by atoms with Crippen LogP contribution in [0.5, 0.6) is 11.5 Å². The molecule has 0 aromatic heterocycles. The molecular formula is C18H31NO2. The Morgan fingerprint density at radius 3 is 2.14 bits per heavy atom. The lowest BCUT2D eigenvalue weighted by Gasteiger charge is -2.29. The monoisotopic (exact) mass is 293 g/mol. The third kappa shape index (κ3) is 4.92. The van der Waals surface area contributed by atoms with Crippen LogP contribution >= 0.6 is 0 Å². The van der Waals surface area contributed by atoms with Crippen LogP contribution in [-0.2, 0) is 0 Å². The predicted octanol–water partition coefficient (Wildman–Crippen LogP) is 4.57. The Morgan fingerprint density at radius 1 is 1.00 bits per heavy atom. The van der Waals surface area contributed by atoms with Crippen LogP contribution in [0.2, 0.25) is 0 Å². The van der Waals surface area contributed by atoms with Crippen LogP contribution in [-0.4, -0.2) is 20.8 Å². The van der Waals surface area contributed by atoms with Gasteiger partial charge in [-0.2, -0.15) is 0 Å². The van der Waals surface area contributed by atoms with Crippen molar-refractivity contribution in [3.8, 4) is 11.5 Å². The first-order valence-corrected chi connectivity index (χ1v) is 8.16. The molecule has 0 spiro atoms. The number of hydrogen-bond acceptors (Lipinski definition) is 3. The molecule has 0 fully saturated rings. The topological polar surface area (TPSA) is 30.5 Å². The fourth-order valence-electron chi connectivity index (χ4n) is 3.05. The van der Waals surface area contributed by atoms with E-state index in [2.05, 4.69) is 32.2 Å². The molecule has 3 nitrogen and oxygen atoms in total. The van der Waals surface area contributed by atoms with E-state index in [1.807, 2.05) is 12.1 Å². The van der Waals surface area contributed by atoms with Crippen molar-refractivity contribution in [2.75, 3.05) is 20.8 Å². The lowest BCUT2D eigenvalue weighted by molar-refractivity contribution is 0.307. The summed E-state index contributed by atoms with van der Waals surface area (Å²) in [6.45, 7) is 7.65. The Hall–Kier alpha value is -1.22. The van der Waals surface area contributed by atoms with Crippen molar-refractivity contribution >= 4 is 0 Å². The summed E-state index contributed by atoms with van der Waals surface area (Å²) in [6.07, 6.45) is 4.90. The standard InChI is InChI=1S/C18H31NO2/c1-6-9-14(10-7-2)18(19-8-3)16-12-11-15(20-4)13-17(16)21-5/h11-14,18-19H,6-10H2,1-5H3. The van der Waals surface area contributed by atoms with Gasteiger partial charge < -0.3 is 14.8 Å². The zero-order valence-electron chi connectivity index (χ0n) is 14.2. The fourth-order valence-corrected chi connectivity index (χ4v) is 3.05. The van der Waals surface area contributed by atoms with Gasteiger partial charge in [0.2, 0.25) is 0 Å². The van der Waals surface area contributed by atoms with E-state index in [-0.39, 0.29) is 0 Å². The number of hydrogen-bond donors (Lipinski definition) is 1. The molecule has 1 aromatic rings. The highest BCUT2D eigenvalue weighted by Gasteiger charge is 2.24. The van der Waals surface area contributed by atoms with E-state index in [1.54, 1.807) is 14.2 Å². The van der Waals surface area contributed by atoms with Gasteiger partial charge in [-0.25, -0.2) is 0 Å². The molecule has 0 saturated carbocycles. The Labute approximate surface area is 130 Å². The summed E-state index contributed by atoms with van der Waals surface area (Å²) < 4.78 is 10.9. The Bertz CT molecular complexity index is 400. The minimum atomic E-state index is 0.343. The van der Waals surface area contributed by atoms with Crippen LogP contribution in [0, 0.1) is 5.92 Å². The van der Waals surface area contributed by atoms with Gasteiger partial charge in [0.25, 0.3) is 0 Å². The maximum atomic E-state index is 5.60. The van der Waals surface area contributed by atoms with Crippen LogP contribution in [0.15, 0.2) is 18.2 Å². The van der Waals surface area contributed by atoms with Gasteiger partial charge in [-0.3, -0.25) is 0 Å². The van der Waals surface area contributed by atoms with Gasteiger partial charge >= 0.3 is 0 Å². The molecule has 1 atom stereocenters. The second kappa shape index (κ2) is 9.67. The molecular weight excluding hydrogens is 262 g/mol. The minimum absolute atomic E-state index is 0.343. The van der Waals surface area contributed by atoms with Gasteiger partial charge in [0.1, 0.15) is 11.5 Å². The molecule has 0 aliphatic rings. The van der Waals surface area contributed by atoms with Gasteiger partial charge in [-0.15, -0.1) is 0 Å². The van der Waals surface area contributed by atoms with Crippen LogP contribution in [0.3, 0.4) is 0 Å². The number of benzene rings is 1. The van der Waals surface area contributed by atoms with Gasteiger partial charge in [0.05, 0.1) is 14.2 Å². The molecule has 21 heavy (non-hydrogen) atoms. The van der Waals surface area contributed by atoms with Gasteiger partial charge in [-0.05, 0) is 31.4 Å². The maximum absolute atomic E-state index is 5.60. The average Bonchev–Trinajstić information content (AvgIpc) is 2.52. The van der Waals surface area contributed by atoms with Crippen molar-refractivity contribution in [1.82, 2.24) is 5.32 Å². The molecule has 0 saturated heterocycles. The number of ether oxygens (including phenoxy) is 2. The van der Waals surface area contributed by atoms with Crippen molar-refractivity contribution in [2.24, 2.45) is 5.92 Å². The minimum Gasteiger partial charge on any atom is -0.497 e. The van der Waals surface area contributed by atoms with Crippen molar-refractivity contribution in [3.63, 3.8) is 0 Å². The van der Waals surface area contributed by atoms with Crippen LogP contribution in [0.4, 0.5) is 0 Å². The third-order valence-corrected chi connectivity index (χ3v) is 3.99. The third-order valence-electron chi connectivity index (χ3n) is 3.99. The van der Waals surface area contributed by atoms with Crippen molar-refractivity contribution in [2.45, 2.75) is 52.5 Å². The highest BCUT2D eigenvalue weighted by molar-refractivity contribution is 5.42. The molecule has 0 heterocycles. The zero-order chi connectivity index (χ0) is 15.7. The SMILES string of the molecule is CCCC(CCC)C(NCC)c1ccc(OC)cc1OC. The van der Waals surface area contributed by atoms with E-state index in [1.165, 1.54) is 31.2 Å². The molecule has 0 radical (unpaired) electrons. The van der Waals surface area contributed by atoms with Crippen LogP contribution in [0.1, 0.15) is 58.1 Å². The molecule has 0 aliphatic heterocycles. The first-order chi connectivity index (χ1) is 10.2. The van der Waals surface area contributed by atoms with Crippen molar-refractivity contribution < 1.29 is 9.47 Å². The molecule has 3 heteroatoms. The number of nitrogens with one attached hydrogen (secondary N) is 1. The summed E-state index contributed by atoms with van der Waals surface area (Å²) in [4.78, 5) is 0. The van der Waals surface area contributed by atoms with E-state index in [0.717, 1.165) is 18.0 Å². The molecule has 1 rings (SSSR count). The Morgan fingerprint density at radius 2 is 1.67 bits per heavy atom. The Balaban J connectivity index is 3.13. The van der Waals surface area contributed by atoms with Crippen molar-refractivity contribution in [1.29, 1.82) is 0 Å². The second-order valence-corrected chi connectivity index (χ2v) is 5.48. The highest BCUT2D eigenvalue weighted by Crippen LogP contribution is 2.36. The molecule has 120 valence electrons. The van der Waals surface area contributed by atoms with E-state index in [9.17, 15) is 0 Å². The summed E-state index contributed by atoms with van der Waals surface area (Å²) in [5.41, 5.74) is 1.24. The number of rotatable bonds is 10. The van der Waals surface area contributed by atoms with Gasteiger partial charge in [-0.1, -0.05) is 39.7 Å². The molecule has 0 bridgehead atoms. The summed E-state index contributed by atoms with van der Waals surface area (Å²) in [7, 11) is 3.42. The molecule has 1 N–H and O–H groups in total. The van der Waals surface area contributed by atoms with E-state index >= 15 is 0 Å². The van der Waals surface area contributed by atoms with E-state index < -0.39 is 0 Å². The average molecular weight is 293 g/mol. The second-order valence-electron chi connectivity index (χ2n) is 5.48. The quantitative estimate of drug-likeness (QED) is 0.685. The Kier molecular flexibility index (Phi) is 8.21. The predicted molar refractivity (Wildman–Crippen MR) is 89.3 cm³/mol. The molecule has 0 aliphatic carbocycles. The highest BCUT2D eigenvalue weighted by atomic mass is 16.5.